The molecule has 1 fully saturated rings. The standard InChI is InChI=1S/C20H22BrF2N3O3S2/c1-31(28,29)12-4-6-25(7-5-12)17(27)9-15-16-8-11(10-26(16)20(30)24-15)18-14(22)3-2-13(21)19(18)23/h2-3,11-12H,4-10H2,1H3,(H,24,30). The zero-order chi connectivity index (χ0) is 22.5. The fourth-order valence-electron chi connectivity index (χ4n) is 4.55. The Labute approximate surface area is 192 Å². The van der Waals surface area contributed by atoms with E-state index in [0.29, 0.717) is 49.4 Å². The van der Waals surface area contributed by atoms with E-state index in [2.05, 4.69) is 20.9 Å². The van der Waals surface area contributed by atoms with E-state index in [9.17, 15) is 22.0 Å². The largest absolute Gasteiger partial charge is 0.342 e. The van der Waals surface area contributed by atoms with Gasteiger partial charge in [0.25, 0.3) is 0 Å². The second-order valence-electron chi connectivity index (χ2n) is 8.21. The highest BCUT2D eigenvalue weighted by Crippen LogP contribution is 2.36. The van der Waals surface area contributed by atoms with Crippen molar-refractivity contribution in [3.63, 3.8) is 0 Å². The summed E-state index contributed by atoms with van der Waals surface area (Å²) in [5.74, 6) is -1.74. The number of nitrogens with one attached hydrogen (secondary N) is 1. The van der Waals surface area contributed by atoms with Crippen LogP contribution in [0.15, 0.2) is 16.6 Å². The van der Waals surface area contributed by atoms with Gasteiger partial charge in [-0.1, -0.05) is 0 Å². The lowest BCUT2D eigenvalue weighted by atomic mass is 9.95. The Bertz CT molecular complexity index is 1200. The zero-order valence-electron chi connectivity index (χ0n) is 16.8. The van der Waals surface area contributed by atoms with Crippen LogP contribution in [-0.4, -0.2) is 53.4 Å². The van der Waals surface area contributed by atoms with Crippen molar-refractivity contribution in [1.29, 1.82) is 0 Å². The monoisotopic (exact) mass is 533 g/mol. The first kappa shape index (κ1) is 22.6. The Morgan fingerprint density at radius 2 is 1.97 bits per heavy atom. The van der Waals surface area contributed by atoms with Crippen molar-refractivity contribution >= 4 is 43.9 Å². The van der Waals surface area contributed by atoms with Crippen molar-refractivity contribution in [3.05, 3.63) is 50.0 Å². The Morgan fingerprint density at radius 3 is 2.61 bits per heavy atom. The van der Waals surface area contributed by atoms with Gasteiger partial charge in [-0.15, -0.1) is 0 Å². The Morgan fingerprint density at radius 1 is 1.29 bits per heavy atom. The van der Waals surface area contributed by atoms with E-state index in [1.165, 1.54) is 18.4 Å². The number of fused-ring (bicyclic) bond motifs is 1. The van der Waals surface area contributed by atoms with Crippen molar-refractivity contribution in [1.82, 2.24) is 14.5 Å². The number of amides is 1. The number of aromatic nitrogens is 2. The fourth-order valence-corrected chi connectivity index (χ4v) is 6.27. The van der Waals surface area contributed by atoms with Crippen LogP contribution in [0.4, 0.5) is 8.78 Å². The van der Waals surface area contributed by atoms with Crippen molar-refractivity contribution in [2.45, 2.75) is 43.4 Å². The van der Waals surface area contributed by atoms with Gasteiger partial charge in [0.05, 0.1) is 16.1 Å². The number of piperidine rings is 1. The van der Waals surface area contributed by atoms with Crippen LogP contribution in [-0.2, 0) is 34.0 Å². The molecule has 1 aromatic heterocycles. The molecule has 0 bridgehead atoms. The van der Waals surface area contributed by atoms with Crippen molar-refractivity contribution in [2.24, 2.45) is 0 Å². The van der Waals surface area contributed by atoms with E-state index in [1.54, 1.807) is 9.47 Å². The first-order valence-corrected chi connectivity index (χ1v) is 13.1. The number of H-pyrrole nitrogens is 1. The molecule has 0 spiro atoms. The number of hydrogen-bond acceptors (Lipinski definition) is 4. The smallest absolute Gasteiger partial charge is 0.228 e. The van der Waals surface area contributed by atoms with Crippen molar-refractivity contribution < 1.29 is 22.0 Å². The number of hydrogen-bond donors (Lipinski definition) is 1. The van der Waals surface area contributed by atoms with E-state index in [1.807, 2.05) is 0 Å². The lowest BCUT2D eigenvalue weighted by molar-refractivity contribution is -0.131. The van der Waals surface area contributed by atoms with Gasteiger partial charge in [-0.05, 0) is 59.5 Å². The molecule has 4 rings (SSSR count). The quantitative estimate of drug-likeness (QED) is 0.482. The zero-order valence-corrected chi connectivity index (χ0v) is 20.0. The second kappa shape index (κ2) is 8.40. The summed E-state index contributed by atoms with van der Waals surface area (Å²) in [4.78, 5) is 17.6. The van der Waals surface area contributed by atoms with Crippen LogP contribution in [0.25, 0.3) is 0 Å². The number of benzene rings is 1. The third-order valence-electron chi connectivity index (χ3n) is 6.24. The molecule has 1 N–H and O–H groups in total. The maximum absolute atomic E-state index is 14.6. The molecular weight excluding hydrogens is 512 g/mol. The first-order valence-electron chi connectivity index (χ1n) is 9.96. The number of imidazole rings is 1. The third-order valence-corrected chi connectivity index (χ3v) is 8.85. The minimum absolute atomic E-state index is 0.0209. The molecule has 1 aromatic carbocycles. The van der Waals surface area contributed by atoms with E-state index in [0.717, 1.165) is 5.69 Å². The highest BCUT2D eigenvalue weighted by molar-refractivity contribution is 9.10. The molecular formula is C20H22BrF2N3O3S2. The average molecular weight is 534 g/mol. The summed E-state index contributed by atoms with van der Waals surface area (Å²) >= 11 is 8.49. The molecule has 31 heavy (non-hydrogen) atoms. The van der Waals surface area contributed by atoms with E-state index in [-0.39, 0.29) is 22.4 Å². The van der Waals surface area contributed by atoms with Gasteiger partial charge in [0.15, 0.2) is 4.77 Å². The van der Waals surface area contributed by atoms with Gasteiger partial charge >= 0.3 is 0 Å². The molecule has 6 nitrogen and oxygen atoms in total. The number of sulfone groups is 1. The lowest BCUT2D eigenvalue weighted by Crippen LogP contribution is -2.43. The number of halogens is 3. The van der Waals surface area contributed by atoms with Gasteiger partial charge in [0.1, 0.15) is 21.5 Å². The topological polar surface area (TPSA) is 75.2 Å². The van der Waals surface area contributed by atoms with Crippen LogP contribution >= 0.6 is 28.1 Å². The van der Waals surface area contributed by atoms with Gasteiger partial charge < -0.3 is 14.5 Å². The van der Waals surface area contributed by atoms with Crippen LogP contribution in [0.3, 0.4) is 0 Å². The van der Waals surface area contributed by atoms with Crippen molar-refractivity contribution in [2.75, 3.05) is 19.3 Å². The third kappa shape index (κ3) is 4.36. The van der Waals surface area contributed by atoms with E-state index < -0.39 is 32.6 Å². The predicted octanol–water partition coefficient (Wildman–Crippen LogP) is 3.50. The Hall–Kier alpha value is -1.59. The summed E-state index contributed by atoms with van der Waals surface area (Å²) in [5.41, 5.74) is 1.46. The van der Waals surface area contributed by atoms with E-state index in [4.69, 9.17) is 12.2 Å². The number of likely N-dealkylation sites (tertiary alicyclic amines) is 1. The highest BCUT2D eigenvalue weighted by Gasteiger charge is 2.33. The molecule has 2 aliphatic rings. The lowest BCUT2D eigenvalue weighted by Gasteiger charge is -2.31. The number of rotatable bonds is 4. The molecule has 1 unspecified atom stereocenters. The highest BCUT2D eigenvalue weighted by atomic mass is 79.9. The molecule has 0 saturated carbocycles. The summed E-state index contributed by atoms with van der Waals surface area (Å²) < 4.78 is 54.8. The van der Waals surface area contributed by atoms with Crippen LogP contribution in [0.1, 0.15) is 35.7 Å². The summed E-state index contributed by atoms with van der Waals surface area (Å²) in [6.07, 6.45) is 2.55. The maximum atomic E-state index is 14.6. The Balaban J connectivity index is 1.50. The average Bonchev–Trinajstić information content (AvgIpc) is 3.26. The molecule has 0 aliphatic carbocycles. The van der Waals surface area contributed by atoms with Crippen LogP contribution in [0, 0.1) is 16.4 Å². The minimum atomic E-state index is -3.11. The molecule has 2 aliphatic heterocycles. The predicted molar refractivity (Wildman–Crippen MR) is 118 cm³/mol. The van der Waals surface area contributed by atoms with Gasteiger partial charge in [-0.25, -0.2) is 17.2 Å². The van der Waals surface area contributed by atoms with E-state index >= 15 is 0 Å². The SMILES string of the molecule is CS(=O)(=O)C1CCN(C(=O)Cc2[nH]c(=S)n3c2CC(c2c(F)ccc(Br)c2F)C3)CC1. The number of carbonyl (C=O) groups is 1. The summed E-state index contributed by atoms with van der Waals surface area (Å²) in [6.45, 7) is 1.12. The molecule has 2 aromatic rings. The minimum Gasteiger partial charge on any atom is -0.342 e. The molecule has 11 heteroatoms. The normalized spacial score (nSPS) is 19.6. The fraction of sp³-hybridized carbons (Fsp3) is 0.500. The van der Waals surface area contributed by atoms with Gasteiger partial charge in [0, 0.05) is 48.8 Å². The van der Waals surface area contributed by atoms with Crippen LogP contribution in [0.2, 0.25) is 0 Å². The van der Waals surface area contributed by atoms with Crippen molar-refractivity contribution in [3.8, 4) is 0 Å². The molecule has 1 atom stereocenters. The summed E-state index contributed by atoms with van der Waals surface area (Å²) in [6, 6.07) is 2.58. The Kier molecular flexibility index (Phi) is 6.12. The molecule has 3 heterocycles. The number of carbonyl (C=O) groups excluding carboxylic acids is 1. The molecule has 1 saturated heterocycles. The van der Waals surface area contributed by atoms with Gasteiger partial charge in [-0.2, -0.15) is 0 Å². The number of aromatic amines is 1. The van der Waals surface area contributed by atoms with Crippen LogP contribution < -0.4 is 0 Å². The number of nitrogens with zero attached hydrogens (tertiary/aromatic N) is 2. The van der Waals surface area contributed by atoms with Crippen LogP contribution in [0.5, 0.6) is 0 Å². The molecule has 1 amide bonds. The molecule has 168 valence electrons. The first-order chi connectivity index (χ1) is 14.6. The molecule has 0 radical (unpaired) electrons. The van der Waals surface area contributed by atoms with Gasteiger partial charge in [0.2, 0.25) is 5.91 Å². The van der Waals surface area contributed by atoms with Gasteiger partial charge in [-0.3, -0.25) is 4.79 Å². The second-order valence-corrected chi connectivity index (χ2v) is 11.8. The summed E-state index contributed by atoms with van der Waals surface area (Å²) in [7, 11) is -3.11. The maximum Gasteiger partial charge on any atom is 0.228 e. The summed E-state index contributed by atoms with van der Waals surface area (Å²) in [5, 5.41) is -0.406.